The van der Waals surface area contributed by atoms with Crippen molar-refractivity contribution in [1.29, 1.82) is 0 Å². The topological polar surface area (TPSA) is 79.0 Å². The first-order valence-electron chi connectivity index (χ1n) is 9.66. The molecule has 1 heterocycles. The number of methoxy groups -OCH3 is 1. The first kappa shape index (κ1) is 20.5. The predicted octanol–water partition coefficient (Wildman–Crippen LogP) is 6.04. The molecule has 3 N–H and O–H groups in total. The van der Waals surface area contributed by atoms with Crippen LogP contribution in [-0.2, 0) is 0 Å². The van der Waals surface area contributed by atoms with Crippen LogP contribution in [0.2, 0.25) is 5.15 Å². The Morgan fingerprint density at radius 2 is 1.84 bits per heavy atom. The van der Waals surface area contributed by atoms with Crippen LogP contribution < -0.4 is 15.4 Å². The summed E-state index contributed by atoms with van der Waals surface area (Å²) < 4.78 is 5.19. The molecule has 4 aromatic rings. The number of halogens is 1. The molecule has 7 heteroatoms. The first-order chi connectivity index (χ1) is 15.0. The van der Waals surface area contributed by atoms with E-state index in [-0.39, 0.29) is 5.91 Å². The van der Waals surface area contributed by atoms with Crippen molar-refractivity contribution in [3.8, 4) is 17.1 Å². The van der Waals surface area contributed by atoms with E-state index in [1.54, 1.807) is 37.6 Å². The number of ether oxygens (including phenoxy) is 1. The van der Waals surface area contributed by atoms with E-state index in [1.165, 1.54) is 0 Å². The number of carbonyl (C=O) groups excluding carboxylic acids is 1. The molecule has 1 amide bonds. The van der Waals surface area contributed by atoms with Gasteiger partial charge in [0.2, 0.25) is 0 Å². The van der Waals surface area contributed by atoms with Gasteiger partial charge in [-0.2, -0.15) is 0 Å². The van der Waals surface area contributed by atoms with Gasteiger partial charge in [0.15, 0.2) is 0 Å². The third-order valence-electron chi connectivity index (χ3n) is 4.78. The highest BCUT2D eigenvalue weighted by Gasteiger charge is 2.09. The van der Waals surface area contributed by atoms with E-state index < -0.39 is 0 Å². The molecule has 3 aromatic carbocycles. The quantitative estimate of drug-likeness (QED) is 0.347. The summed E-state index contributed by atoms with van der Waals surface area (Å²) in [6.07, 6.45) is 1.59. The van der Waals surface area contributed by atoms with Gasteiger partial charge in [-0.15, -0.1) is 0 Å². The van der Waals surface area contributed by atoms with Crippen molar-refractivity contribution < 1.29 is 9.53 Å². The Bertz CT molecular complexity index is 1240. The Morgan fingerprint density at radius 3 is 2.58 bits per heavy atom. The Labute approximate surface area is 185 Å². The average molecular weight is 433 g/mol. The van der Waals surface area contributed by atoms with Crippen molar-refractivity contribution in [2.75, 3.05) is 17.7 Å². The minimum Gasteiger partial charge on any atom is -0.497 e. The lowest BCUT2D eigenvalue weighted by Crippen LogP contribution is -2.12. The highest BCUT2D eigenvalue weighted by molar-refractivity contribution is 6.29. The van der Waals surface area contributed by atoms with E-state index >= 15 is 0 Å². The van der Waals surface area contributed by atoms with Crippen molar-refractivity contribution in [1.82, 2.24) is 9.97 Å². The lowest BCUT2D eigenvalue weighted by molar-refractivity contribution is 0.102. The average Bonchev–Trinajstić information content (AvgIpc) is 3.22. The third-order valence-corrected chi connectivity index (χ3v) is 4.97. The number of nitrogens with zero attached hydrogens (tertiary/aromatic N) is 1. The SMILES string of the molecule is COc1cccc(C(=O)Nc2cccc(Nc3ccc(-c4ncc(Cl)[nH]4)cc3C)c2)c1. The second kappa shape index (κ2) is 8.93. The maximum Gasteiger partial charge on any atom is 0.255 e. The Hall–Kier alpha value is -3.77. The summed E-state index contributed by atoms with van der Waals surface area (Å²) in [5.41, 5.74) is 5.04. The predicted molar refractivity (Wildman–Crippen MR) is 124 cm³/mol. The molecular weight excluding hydrogens is 412 g/mol. The van der Waals surface area contributed by atoms with Crippen LogP contribution in [0.25, 0.3) is 11.4 Å². The van der Waals surface area contributed by atoms with E-state index in [0.29, 0.717) is 22.2 Å². The summed E-state index contributed by atoms with van der Waals surface area (Å²) in [7, 11) is 1.57. The van der Waals surface area contributed by atoms with E-state index in [1.807, 2.05) is 49.4 Å². The molecule has 0 bridgehead atoms. The molecular formula is C24H21ClN4O2. The number of hydrogen-bond donors (Lipinski definition) is 3. The van der Waals surface area contributed by atoms with Crippen molar-refractivity contribution >= 4 is 34.6 Å². The van der Waals surface area contributed by atoms with Crippen LogP contribution in [0.4, 0.5) is 17.1 Å². The molecule has 4 rings (SSSR count). The molecule has 0 spiro atoms. The Morgan fingerprint density at radius 1 is 1.03 bits per heavy atom. The highest BCUT2D eigenvalue weighted by Crippen LogP contribution is 2.27. The zero-order valence-corrected chi connectivity index (χ0v) is 17.8. The summed E-state index contributed by atoms with van der Waals surface area (Å²) >= 11 is 5.93. The molecule has 0 saturated carbocycles. The van der Waals surface area contributed by atoms with E-state index in [0.717, 1.165) is 28.3 Å². The minimum absolute atomic E-state index is 0.200. The fraction of sp³-hybridized carbons (Fsp3) is 0.0833. The smallest absolute Gasteiger partial charge is 0.255 e. The molecule has 0 radical (unpaired) electrons. The standard InChI is InChI=1S/C24H21ClN4O2/c1-15-11-16(23-26-14-22(25)29-23)9-10-21(15)27-18-6-4-7-19(13-18)28-24(30)17-5-3-8-20(12-17)31-2/h3-14,27H,1-2H3,(H,26,29)(H,28,30). The molecule has 0 atom stereocenters. The second-order valence-electron chi connectivity index (χ2n) is 7.00. The lowest BCUT2D eigenvalue weighted by atomic mass is 10.1. The number of nitrogens with one attached hydrogen (secondary N) is 3. The van der Waals surface area contributed by atoms with Gasteiger partial charge < -0.3 is 20.4 Å². The van der Waals surface area contributed by atoms with Crippen LogP contribution in [0.5, 0.6) is 5.75 Å². The molecule has 6 nitrogen and oxygen atoms in total. The van der Waals surface area contributed by atoms with Crippen molar-refractivity contribution in [3.05, 3.63) is 89.2 Å². The number of aromatic nitrogens is 2. The van der Waals surface area contributed by atoms with Gasteiger partial charge in [0, 0.05) is 28.2 Å². The molecule has 156 valence electrons. The number of carbonyl (C=O) groups is 1. The molecule has 0 unspecified atom stereocenters. The van der Waals surface area contributed by atoms with Gasteiger partial charge in [0.05, 0.1) is 13.3 Å². The van der Waals surface area contributed by atoms with Crippen LogP contribution in [0.1, 0.15) is 15.9 Å². The number of aryl methyl sites for hydroxylation is 1. The zero-order chi connectivity index (χ0) is 21.8. The normalized spacial score (nSPS) is 10.5. The van der Waals surface area contributed by atoms with Crippen LogP contribution in [0.3, 0.4) is 0 Å². The molecule has 0 aliphatic rings. The van der Waals surface area contributed by atoms with Crippen LogP contribution in [0.15, 0.2) is 72.9 Å². The van der Waals surface area contributed by atoms with Gasteiger partial charge >= 0.3 is 0 Å². The number of anilines is 3. The highest BCUT2D eigenvalue weighted by atomic mass is 35.5. The summed E-state index contributed by atoms with van der Waals surface area (Å²) in [5, 5.41) is 6.83. The van der Waals surface area contributed by atoms with Gasteiger partial charge in [0.25, 0.3) is 5.91 Å². The monoisotopic (exact) mass is 432 g/mol. The number of amides is 1. The fourth-order valence-electron chi connectivity index (χ4n) is 3.19. The number of aromatic amines is 1. The minimum atomic E-state index is -0.200. The van der Waals surface area contributed by atoms with Crippen LogP contribution in [-0.4, -0.2) is 23.0 Å². The zero-order valence-electron chi connectivity index (χ0n) is 17.1. The lowest BCUT2D eigenvalue weighted by Gasteiger charge is -2.13. The summed E-state index contributed by atoms with van der Waals surface area (Å²) in [4.78, 5) is 19.9. The largest absolute Gasteiger partial charge is 0.497 e. The van der Waals surface area contributed by atoms with E-state index in [9.17, 15) is 4.79 Å². The molecule has 31 heavy (non-hydrogen) atoms. The second-order valence-corrected chi connectivity index (χ2v) is 7.41. The number of rotatable bonds is 6. The number of imidazole rings is 1. The van der Waals surface area contributed by atoms with Crippen molar-refractivity contribution in [2.24, 2.45) is 0 Å². The Balaban J connectivity index is 1.49. The number of H-pyrrole nitrogens is 1. The van der Waals surface area contributed by atoms with Crippen molar-refractivity contribution in [2.45, 2.75) is 6.92 Å². The summed E-state index contributed by atoms with van der Waals surface area (Å²) in [6.45, 7) is 2.02. The van der Waals surface area contributed by atoms with Gasteiger partial charge in [-0.1, -0.05) is 23.7 Å². The molecule has 0 aliphatic heterocycles. The van der Waals surface area contributed by atoms with E-state index in [4.69, 9.17) is 16.3 Å². The van der Waals surface area contributed by atoms with Gasteiger partial charge in [-0.05, 0) is 67.1 Å². The molecule has 0 aliphatic carbocycles. The maximum atomic E-state index is 12.6. The molecule has 1 aromatic heterocycles. The number of hydrogen-bond acceptors (Lipinski definition) is 4. The van der Waals surface area contributed by atoms with Gasteiger partial charge in [0.1, 0.15) is 16.7 Å². The Kier molecular flexibility index (Phi) is 5.91. The fourth-order valence-corrected chi connectivity index (χ4v) is 3.33. The molecule has 0 saturated heterocycles. The maximum absolute atomic E-state index is 12.6. The molecule has 0 fully saturated rings. The van der Waals surface area contributed by atoms with Crippen molar-refractivity contribution in [3.63, 3.8) is 0 Å². The first-order valence-corrected chi connectivity index (χ1v) is 10.0. The number of benzene rings is 3. The summed E-state index contributed by atoms with van der Waals surface area (Å²) in [5.74, 6) is 1.16. The summed E-state index contributed by atoms with van der Waals surface area (Å²) in [6, 6.07) is 20.6. The van der Waals surface area contributed by atoms with Gasteiger partial charge in [-0.3, -0.25) is 4.79 Å². The van der Waals surface area contributed by atoms with Crippen LogP contribution >= 0.6 is 11.6 Å². The van der Waals surface area contributed by atoms with E-state index in [2.05, 4.69) is 20.6 Å². The third kappa shape index (κ3) is 4.87. The van der Waals surface area contributed by atoms with Crippen LogP contribution in [0, 0.1) is 6.92 Å². The van der Waals surface area contributed by atoms with Gasteiger partial charge in [-0.25, -0.2) is 4.98 Å².